The van der Waals surface area contributed by atoms with Gasteiger partial charge in [-0.25, -0.2) is 0 Å². The Kier molecular flexibility index (Phi) is 5.08. The smallest absolute Gasteiger partial charge is 0.0543 e. The molecule has 0 radical (unpaired) electrons. The molecule has 2 aromatic heterocycles. The maximum absolute atomic E-state index is 2.50. The zero-order valence-corrected chi connectivity index (χ0v) is 28.1. The van der Waals surface area contributed by atoms with Gasteiger partial charge in [0.25, 0.3) is 0 Å². The number of rotatable bonds is 2. The van der Waals surface area contributed by atoms with Crippen LogP contribution in [0.2, 0.25) is 0 Å². The van der Waals surface area contributed by atoms with E-state index in [2.05, 4.69) is 170 Å². The highest BCUT2D eigenvalue weighted by Crippen LogP contribution is 2.51. The number of aromatic nitrogens is 2. The van der Waals surface area contributed by atoms with Crippen molar-refractivity contribution in [2.24, 2.45) is 0 Å². The minimum atomic E-state index is -0.176. The van der Waals surface area contributed by atoms with Crippen LogP contribution in [0.1, 0.15) is 36.1 Å². The zero-order chi connectivity index (χ0) is 32.8. The van der Waals surface area contributed by atoms with E-state index in [1.165, 1.54) is 110 Å². The Balaban J connectivity index is 1.31. The summed E-state index contributed by atoms with van der Waals surface area (Å²) in [5.41, 5.74) is 12.6. The first kappa shape index (κ1) is 27.1. The molecule has 2 nitrogen and oxygen atoms in total. The maximum atomic E-state index is 2.50. The molecule has 0 fully saturated rings. The van der Waals surface area contributed by atoms with Gasteiger partial charge in [-0.05, 0) is 94.0 Å². The number of benzene rings is 8. The number of para-hydroxylation sites is 2. The Morgan fingerprint density at radius 1 is 0.388 bits per heavy atom. The van der Waals surface area contributed by atoms with Crippen molar-refractivity contribution in [3.8, 4) is 11.4 Å². The second-order valence-corrected chi connectivity index (χ2v) is 14.7. The average molecular weight is 627 g/mol. The van der Waals surface area contributed by atoms with Crippen molar-refractivity contribution in [3.63, 3.8) is 0 Å². The van der Waals surface area contributed by atoms with E-state index in [0.717, 1.165) is 0 Å². The van der Waals surface area contributed by atoms with E-state index in [-0.39, 0.29) is 5.41 Å². The molecule has 2 heterocycles. The summed E-state index contributed by atoms with van der Waals surface area (Å²) in [6.07, 6.45) is 0. The van der Waals surface area contributed by atoms with Gasteiger partial charge in [-0.15, -0.1) is 0 Å². The summed E-state index contributed by atoms with van der Waals surface area (Å²) in [7, 11) is 0. The van der Waals surface area contributed by atoms with Gasteiger partial charge in [0.1, 0.15) is 0 Å². The van der Waals surface area contributed by atoms with Crippen molar-refractivity contribution in [2.45, 2.75) is 33.1 Å². The van der Waals surface area contributed by atoms with Crippen LogP contribution in [0.25, 0.3) is 87.3 Å². The SMILES string of the molecule is Cc1ccc2c3ccccc3n(-c3ccc4c5c3ccc3ccc6c(-n7c8ccccc8c8ccc(C)cc87)ccc(c6c35)C4(C)C)c2c1. The van der Waals surface area contributed by atoms with Crippen LogP contribution in [-0.2, 0) is 5.41 Å². The summed E-state index contributed by atoms with van der Waals surface area (Å²) in [4.78, 5) is 0. The fraction of sp³-hybridized carbons (Fsp3) is 0.106. The highest BCUT2D eigenvalue weighted by atomic mass is 15.0. The lowest BCUT2D eigenvalue weighted by molar-refractivity contribution is 0.652. The van der Waals surface area contributed by atoms with Gasteiger partial charge < -0.3 is 9.13 Å². The van der Waals surface area contributed by atoms with Crippen LogP contribution in [0.15, 0.2) is 133 Å². The first-order chi connectivity index (χ1) is 23.9. The Labute approximate surface area is 284 Å². The number of fused-ring (bicyclic) bond motifs is 6. The normalized spacial score (nSPS) is 13.9. The largest absolute Gasteiger partial charge is 0.309 e. The van der Waals surface area contributed by atoms with Gasteiger partial charge in [0.05, 0.1) is 33.4 Å². The predicted molar refractivity (Wildman–Crippen MR) is 209 cm³/mol. The van der Waals surface area contributed by atoms with Crippen molar-refractivity contribution in [1.82, 2.24) is 9.13 Å². The molecule has 0 aliphatic heterocycles. The third-order valence-electron chi connectivity index (χ3n) is 11.6. The molecule has 2 heteroatoms. The van der Waals surface area contributed by atoms with Gasteiger partial charge in [0.15, 0.2) is 0 Å². The van der Waals surface area contributed by atoms with Crippen LogP contribution >= 0.6 is 0 Å². The Bertz CT molecular complexity index is 2890. The Hall–Kier alpha value is -5.86. The Morgan fingerprint density at radius 2 is 0.816 bits per heavy atom. The molecule has 49 heavy (non-hydrogen) atoms. The first-order valence-electron chi connectivity index (χ1n) is 17.4. The first-order valence-corrected chi connectivity index (χ1v) is 17.4. The molecule has 10 aromatic rings. The molecule has 1 aliphatic carbocycles. The van der Waals surface area contributed by atoms with Crippen molar-refractivity contribution >= 4 is 75.9 Å². The predicted octanol–water partition coefficient (Wildman–Crippen LogP) is 12.6. The highest BCUT2D eigenvalue weighted by molar-refractivity contribution is 6.27. The minimum Gasteiger partial charge on any atom is -0.309 e. The van der Waals surface area contributed by atoms with E-state index in [9.17, 15) is 0 Å². The second kappa shape index (κ2) is 9.18. The summed E-state index contributed by atoms with van der Waals surface area (Å²) in [6.45, 7) is 9.22. The molecule has 232 valence electrons. The number of hydrogen-bond acceptors (Lipinski definition) is 0. The standard InChI is InChI=1S/C47H34N2/c1-27-13-17-32-30-9-5-7-11-38(30)48(42(32)25-27)40-23-21-36-45-34(40)19-15-29-16-20-35-41(24-22-37(47(36,3)4)46(35)44(29)45)49-39-12-8-6-10-31(39)33-18-14-28(2)26-43(33)49/h5-26H,1-4H3. The lowest BCUT2D eigenvalue weighted by Crippen LogP contribution is -2.23. The van der Waals surface area contributed by atoms with Crippen LogP contribution in [0.3, 0.4) is 0 Å². The topological polar surface area (TPSA) is 9.86 Å². The van der Waals surface area contributed by atoms with Crippen molar-refractivity contribution in [3.05, 3.63) is 156 Å². The van der Waals surface area contributed by atoms with Crippen molar-refractivity contribution in [2.75, 3.05) is 0 Å². The van der Waals surface area contributed by atoms with Crippen LogP contribution in [-0.4, -0.2) is 9.13 Å². The quantitative estimate of drug-likeness (QED) is 0.169. The van der Waals surface area contributed by atoms with E-state index in [1.54, 1.807) is 0 Å². The van der Waals surface area contributed by atoms with E-state index < -0.39 is 0 Å². The molecule has 0 amide bonds. The molecule has 0 saturated heterocycles. The summed E-state index contributed by atoms with van der Waals surface area (Å²) in [5, 5.41) is 13.2. The molecule has 1 aliphatic rings. The summed E-state index contributed by atoms with van der Waals surface area (Å²) < 4.78 is 5.00. The van der Waals surface area contributed by atoms with E-state index in [0.29, 0.717) is 0 Å². The van der Waals surface area contributed by atoms with Crippen LogP contribution in [0, 0.1) is 13.8 Å². The third kappa shape index (κ3) is 3.36. The lowest BCUT2D eigenvalue weighted by atomic mass is 9.69. The summed E-state index contributed by atoms with van der Waals surface area (Å²) in [6, 6.07) is 50.5. The van der Waals surface area contributed by atoms with E-state index in [4.69, 9.17) is 0 Å². The molecule has 8 aromatic carbocycles. The maximum Gasteiger partial charge on any atom is 0.0543 e. The van der Waals surface area contributed by atoms with Crippen LogP contribution < -0.4 is 0 Å². The molecule has 11 rings (SSSR count). The van der Waals surface area contributed by atoms with Gasteiger partial charge in [0, 0.05) is 37.7 Å². The molecule has 0 unspecified atom stereocenters. The molecule has 0 atom stereocenters. The van der Waals surface area contributed by atoms with Gasteiger partial charge >= 0.3 is 0 Å². The molecule has 0 N–H and O–H groups in total. The monoisotopic (exact) mass is 626 g/mol. The van der Waals surface area contributed by atoms with E-state index >= 15 is 0 Å². The molecule has 0 saturated carbocycles. The highest BCUT2D eigenvalue weighted by Gasteiger charge is 2.34. The zero-order valence-electron chi connectivity index (χ0n) is 28.1. The van der Waals surface area contributed by atoms with Gasteiger partial charge in [-0.1, -0.05) is 111 Å². The van der Waals surface area contributed by atoms with Gasteiger partial charge in [-0.3, -0.25) is 0 Å². The minimum absolute atomic E-state index is 0.176. The second-order valence-electron chi connectivity index (χ2n) is 14.7. The van der Waals surface area contributed by atoms with Crippen molar-refractivity contribution in [1.29, 1.82) is 0 Å². The fourth-order valence-corrected chi connectivity index (χ4v) is 9.33. The number of aryl methyl sites for hydroxylation is 2. The molecular formula is C47H34N2. The van der Waals surface area contributed by atoms with Crippen LogP contribution in [0.4, 0.5) is 0 Å². The average Bonchev–Trinajstić information content (AvgIpc) is 3.61. The van der Waals surface area contributed by atoms with Gasteiger partial charge in [-0.2, -0.15) is 0 Å². The summed E-state index contributed by atoms with van der Waals surface area (Å²) in [5.74, 6) is 0. The lowest BCUT2D eigenvalue weighted by Gasteiger charge is -2.35. The molecule has 0 spiro atoms. The third-order valence-corrected chi connectivity index (χ3v) is 11.6. The fourth-order valence-electron chi connectivity index (χ4n) is 9.33. The van der Waals surface area contributed by atoms with E-state index in [1.807, 2.05) is 0 Å². The van der Waals surface area contributed by atoms with Gasteiger partial charge in [0.2, 0.25) is 0 Å². The summed E-state index contributed by atoms with van der Waals surface area (Å²) >= 11 is 0. The Morgan fingerprint density at radius 3 is 1.31 bits per heavy atom. The molecule has 0 bridgehead atoms. The molecular weight excluding hydrogens is 593 g/mol. The van der Waals surface area contributed by atoms with Crippen LogP contribution in [0.5, 0.6) is 0 Å². The number of hydrogen-bond donors (Lipinski definition) is 0. The number of nitrogens with zero attached hydrogens (tertiary/aromatic N) is 2. The van der Waals surface area contributed by atoms with Crippen molar-refractivity contribution < 1.29 is 0 Å².